The molecule has 2 aromatic carbocycles. The monoisotopic (exact) mass is 493 g/mol. The molecule has 0 amide bonds. The molecule has 4 aromatic heterocycles. The molecule has 37 heavy (non-hydrogen) atoms. The molecule has 0 radical (unpaired) electrons. The van der Waals surface area contributed by atoms with Crippen LogP contribution >= 0.6 is 0 Å². The number of halogens is 1. The number of aliphatic hydroxyl groups excluding tert-OH is 1. The molecular formula is C28H24FN7O. The predicted molar refractivity (Wildman–Crippen MR) is 142 cm³/mol. The quantitative estimate of drug-likeness (QED) is 0.219. The summed E-state index contributed by atoms with van der Waals surface area (Å²) >= 11 is 0. The third kappa shape index (κ3) is 4.30. The molecule has 184 valence electrons. The fraction of sp³-hybridized carbons (Fsp3) is 0.143. The van der Waals surface area contributed by atoms with Crippen LogP contribution in [0.5, 0.6) is 0 Å². The lowest BCUT2D eigenvalue weighted by Crippen LogP contribution is -2.24. The summed E-state index contributed by atoms with van der Waals surface area (Å²) in [6.07, 6.45) is 4.48. The Morgan fingerprint density at radius 3 is 2.65 bits per heavy atom. The first-order chi connectivity index (χ1) is 18.0. The number of aromatic amines is 2. The maximum absolute atomic E-state index is 13.9. The van der Waals surface area contributed by atoms with Crippen molar-refractivity contribution in [2.75, 3.05) is 5.32 Å². The van der Waals surface area contributed by atoms with E-state index in [1.165, 1.54) is 12.1 Å². The molecule has 0 saturated carbocycles. The van der Waals surface area contributed by atoms with Gasteiger partial charge in [-0.2, -0.15) is 5.10 Å². The summed E-state index contributed by atoms with van der Waals surface area (Å²) in [6.45, 7) is 3.89. The lowest BCUT2D eigenvalue weighted by Gasteiger charge is -2.17. The van der Waals surface area contributed by atoms with Crippen molar-refractivity contribution >= 4 is 27.6 Å². The van der Waals surface area contributed by atoms with E-state index in [4.69, 9.17) is 4.98 Å². The number of nitrogens with one attached hydrogen (secondary N) is 3. The van der Waals surface area contributed by atoms with Gasteiger partial charge in [0.25, 0.3) is 0 Å². The average Bonchev–Trinajstić information content (AvgIpc) is 3.52. The fourth-order valence-electron chi connectivity index (χ4n) is 4.28. The number of hydrogen-bond acceptors (Lipinski definition) is 6. The highest BCUT2D eigenvalue weighted by Crippen LogP contribution is 2.33. The zero-order valence-electron chi connectivity index (χ0n) is 20.2. The van der Waals surface area contributed by atoms with E-state index in [2.05, 4.69) is 30.5 Å². The van der Waals surface area contributed by atoms with Crippen LogP contribution in [-0.4, -0.2) is 41.5 Å². The van der Waals surface area contributed by atoms with Crippen LogP contribution in [0.15, 0.2) is 73.2 Å². The summed E-state index contributed by atoms with van der Waals surface area (Å²) in [5.74, 6) is 0.317. The minimum absolute atomic E-state index is 0.0638. The Morgan fingerprint density at radius 1 is 0.919 bits per heavy atom. The first-order valence-electron chi connectivity index (χ1n) is 12.0. The fourth-order valence-corrected chi connectivity index (χ4v) is 4.28. The second kappa shape index (κ2) is 9.11. The van der Waals surface area contributed by atoms with Crippen LogP contribution in [0, 0.1) is 11.7 Å². The van der Waals surface area contributed by atoms with Crippen LogP contribution in [-0.2, 0) is 0 Å². The highest BCUT2D eigenvalue weighted by atomic mass is 19.1. The summed E-state index contributed by atoms with van der Waals surface area (Å²) < 4.78 is 13.9. The lowest BCUT2D eigenvalue weighted by molar-refractivity contribution is 0.153. The van der Waals surface area contributed by atoms with Gasteiger partial charge < -0.3 is 15.4 Å². The summed E-state index contributed by atoms with van der Waals surface area (Å²) in [5.41, 5.74) is 6.78. The molecule has 4 N–H and O–H groups in total. The number of fused-ring (bicyclic) bond motifs is 2. The van der Waals surface area contributed by atoms with Crippen LogP contribution < -0.4 is 5.32 Å². The maximum atomic E-state index is 13.9. The van der Waals surface area contributed by atoms with Crippen LogP contribution in [0.3, 0.4) is 0 Å². The topological polar surface area (TPSA) is 115 Å². The summed E-state index contributed by atoms with van der Waals surface area (Å²) in [5, 5.41) is 21.8. The summed E-state index contributed by atoms with van der Waals surface area (Å²) in [6, 6.07) is 16.1. The van der Waals surface area contributed by atoms with Crippen LogP contribution in [0.25, 0.3) is 55.8 Å². The van der Waals surface area contributed by atoms with Gasteiger partial charge in [-0.05, 0) is 47.9 Å². The van der Waals surface area contributed by atoms with Gasteiger partial charge in [0.05, 0.1) is 28.6 Å². The molecule has 0 saturated heterocycles. The van der Waals surface area contributed by atoms with Gasteiger partial charge in [0.2, 0.25) is 0 Å². The number of pyridine rings is 2. The zero-order valence-corrected chi connectivity index (χ0v) is 20.2. The van der Waals surface area contributed by atoms with E-state index < -0.39 is 6.23 Å². The number of nitrogens with zero attached hydrogens (tertiary/aromatic N) is 4. The van der Waals surface area contributed by atoms with Crippen molar-refractivity contribution in [2.45, 2.75) is 20.1 Å². The van der Waals surface area contributed by atoms with Gasteiger partial charge in [0.1, 0.15) is 23.3 Å². The smallest absolute Gasteiger partial charge is 0.159 e. The number of rotatable bonds is 6. The van der Waals surface area contributed by atoms with Crippen molar-refractivity contribution in [1.29, 1.82) is 0 Å². The van der Waals surface area contributed by atoms with Gasteiger partial charge in [-0.1, -0.05) is 32.0 Å². The van der Waals surface area contributed by atoms with E-state index >= 15 is 0 Å². The van der Waals surface area contributed by atoms with Crippen LogP contribution in [0.1, 0.15) is 13.8 Å². The minimum atomic E-state index is -0.667. The number of H-pyrrole nitrogens is 2. The minimum Gasteiger partial charge on any atom is -0.374 e. The number of hydrogen-bond donors (Lipinski definition) is 4. The van der Waals surface area contributed by atoms with Crippen molar-refractivity contribution in [2.24, 2.45) is 5.92 Å². The Morgan fingerprint density at radius 2 is 1.81 bits per heavy atom. The number of anilines is 1. The van der Waals surface area contributed by atoms with E-state index in [0.717, 1.165) is 33.2 Å². The van der Waals surface area contributed by atoms with Gasteiger partial charge in [-0.25, -0.2) is 9.37 Å². The Kier molecular flexibility index (Phi) is 5.61. The first-order valence-corrected chi connectivity index (χ1v) is 12.0. The second-order valence-corrected chi connectivity index (χ2v) is 9.28. The highest BCUT2D eigenvalue weighted by Gasteiger charge is 2.17. The molecule has 6 rings (SSSR count). The van der Waals surface area contributed by atoms with Crippen molar-refractivity contribution in [3.63, 3.8) is 0 Å². The molecule has 1 atom stereocenters. The Labute approximate surface area is 211 Å². The molecule has 1 unspecified atom stereocenters. The van der Waals surface area contributed by atoms with Crippen LogP contribution in [0.4, 0.5) is 10.1 Å². The third-order valence-corrected chi connectivity index (χ3v) is 6.30. The van der Waals surface area contributed by atoms with E-state index in [-0.39, 0.29) is 11.7 Å². The van der Waals surface area contributed by atoms with Gasteiger partial charge in [-0.15, -0.1) is 0 Å². The molecule has 0 spiro atoms. The highest BCUT2D eigenvalue weighted by molar-refractivity contribution is 5.97. The predicted octanol–water partition coefficient (Wildman–Crippen LogP) is 5.76. The van der Waals surface area contributed by atoms with E-state index in [9.17, 15) is 9.50 Å². The van der Waals surface area contributed by atoms with E-state index in [1.807, 2.05) is 50.2 Å². The largest absolute Gasteiger partial charge is 0.374 e. The molecule has 0 fully saturated rings. The SMILES string of the molecule is CC(C)C(O)Nc1cncc(-c2ccc3[nH]nc(-c4nc5c(-c6cccc(F)c6)nccc5[nH]4)c3c2)c1. The molecule has 4 heterocycles. The van der Waals surface area contributed by atoms with Crippen molar-refractivity contribution in [3.8, 4) is 33.9 Å². The first kappa shape index (κ1) is 22.8. The van der Waals surface area contributed by atoms with E-state index in [1.54, 1.807) is 24.7 Å². The maximum Gasteiger partial charge on any atom is 0.159 e. The van der Waals surface area contributed by atoms with Crippen molar-refractivity contribution in [3.05, 3.63) is 79.0 Å². The van der Waals surface area contributed by atoms with E-state index in [0.29, 0.717) is 28.3 Å². The molecule has 0 aliphatic rings. The number of benzene rings is 2. The molecular weight excluding hydrogens is 469 g/mol. The second-order valence-electron chi connectivity index (χ2n) is 9.28. The van der Waals surface area contributed by atoms with Gasteiger partial charge in [0, 0.05) is 28.9 Å². The molecule has 0 bridgehead atoms. The number of imidazole rings is 1. The zero-order chi connectivity index (χ0) is 25.5. The summed E-state index contributed by atoms with van der Waals surface area (Å²) in [7, 11) is 0. The van der Waals surface area contributed by atoms with Gasteiger partial charge in [0.15, 0.2) is 5.82 Å². The van der Waals surface area contributed by atoms with Crippen molar-refractivity contribution in [1.82, 2.24) is 30.1 Å². The molecule has 9 heteroatoms. The standard InChI is InChI=1S/C28H24FN7O/c1-15(2)28(37)32-20-11-18(13-30-14-20)16-6-7-22-21(12-16)25(36-35-22)27-33-23-8-9-31-24(26(23)34-27)17-4-3-5-19(29)10-17/h3-15,28,32,37H,1-2H3,(H,33,34)(H,35,36). The third-order valence-electron chi connectivity index (χ3n) is 6.30. The summed E-state index contributed by atoms with van der Waals surface area (Å²) in [4.78, 5) is 16.9. The number of aromatic nitrogens is 6. The Balaban J connectivity index is 1.41. The molecule has 0 aliphatic heterocycles. The molecule has 0 aliphatic carbocycles. The Bertz CT molecular complexity index is 1740. The Hall–Kier alpha value is -4.63. The van der Waals surface area contributed by atoms with Gasteiger partial charge >= 0.3 is 0 Å². The number of aliphatic hydroxyl groups is 1. The normalized spacial score (nSPS) is 12.5. The molecule has 6 aromatic rings. The lowest BCUT2D eigenvalue weighted by atomic mass is 10.0. The molecule has 8 nitrogen and oxygen atoms in total. The van der Waals surface area contributed by atoms with Crippen molar-refractivity contribution < 1.29 is 9.50 Å². The van der Waals surface area contributed by atoms with Gasteiger partial charge in [-0.3, -0.25) is 15.1 Å². The van der Waals surface area contributed by atoms with Crippen LogP contribution in [0.2, 0.25) is 0 Å². The average molecular weight is 494 g/mol.